The predicted molar refractivity (Wildman–Crippen MR) is 77.5 cm³/mol. The maximum absolute atomic E-state index is 9.01. The van der Waals surface area contributed by atoms with Crippen molar-refractivity contribution in [3.8, 4) is 6.07 Å². The molecule has 19 heavy (non-hydrogen) atoms. The molecule has 0 amide bonds. The van der Waals surface area contributed by atoms with Crippen LogP contribution in [0.5, 0.6) is 0 Å². The van der Waals surface area contributed by atoms with Crippen molar-refractivity contribution in [1.82, 2.24) is 4.90 Å². The van der Waals surface area contributed by atoms with Gasteiger partial charge in [-0.2, -0.15) is 5.26 Å². The Bertz CT molecular complexity index is 472. The van der Waals surface area contributed by atoms with Crippen LogP contribution in [0.2, 0.25) is 0 Å². The summed E-state index contributed by atoms with van der Waals surface area (Å²) in [6, 6.07) is 10.4. The lowest BCUT2D eigenvalue weighted by Crippen LogP contribution is -2.48. The molecule has 1 fully saturated rings. The topological polar surface area (TPSA) is 62.3 Å². The molecule has 102 valence electrons. The van der Waals surface area contributed by atoms with Crippen molar-refractivity contribution >= 4 is 15.9 Å². The summed E-state index contributed by atoms with van der Waals surface area (Å²) < 4.78 is 6.45. The van der Waals surface area contributed by atoms with Crippen LogP contribution in [0.4, 0.5) is 0 Å². The molecule has 0 spiro atoms. The van der Waals surface area contributed by atoms with Gasteiger partial charge in [0.15, 0.2) is 6.10 Å². The average Bonchev–Trinajstić information content (AvgIpc) is 2.41. The molecule has 2 rings (SSSR count). The molecule has 0 aromatic heterocycles. The second-order valence-corrected chi connectivity index (χ2v) is 5.66. The molecule has 1 aromatic rings. The molecule has 4 nitrogen and oxygen atoms in total. The quantitative estimate of drug-likeness (QED) is 0.924. The van der Waals surface area contributed by atoms with Crippen molar-refractivity contribution in [2.24, 2.45) is 5.73 Å². The Morgan fingerprint density at radius 3 is 2.89 bits per heavy atom. The monoisotopic (exact) mass is 323 g/mol. The third kappa shape index (κ3) is 3.34. The van der Waals surface area contributed by atoms with Gasteiger partial charge in [-0.15, -0.1) is 0 Å². The lowest BCUT2D eigenvalue weighted by Gasteiger charge is -2.38. The summed E-state index contributed by atoms with van der Waals surface area (Å²) in [6.07, 6.45) is -0.363. The summed E-state index contributed by atoms with van der Waals surface area (Å²) in [4.78, 5) is 2.24. The van der Waals surface area contributed by atoms with Crippen LogP contribution in [-0.4, -0.2) is 36.7 Å². The van der Waals surface area contributed by atoms with Crippen molar-refractivity contribution in [1.29, 1.82) is 5.26 Å². The van der Waals surface area contributed by atoms with Gasteiger partial charge in [0.1, 0.15) is 0 Å². The first kappa shape index (κ1) is 14.5. The minimum atomic E-state index is -0.363. The zero-order valence-corrected chi connectivity index (χ0v) is 12.5. The van der Waals surface area contributed by atoms with Gasteiger partial charge in [0.2, 0.25) is 0 Å². The van der Waals surface area contributed by atoms with E-state index in [0.29, 0.717) is 13.2 Å². The van der Waals surface area contributed by atoms with Crippen LogP contribution >= 0.6 is 15.9 Å². The summed E-state index contributed by atoms with van der Waals surface area (Å²) in [6.45, 7) is 3.97. The standard InChI is InChI=1S/C14H18BrN3O/c1-10(17)14(12-4-2-3-5-13(12)15)18-6-7-19-11(8-16)9-18/h2-5,10-11,14H,6-7,9,17H2,1H3. The number of nitriles is 1. The molecule has 0 radical (unpaired) electrons. The maximum atomic E-state index is 9.01. The molecular weight excluding hydrogens is 306 g/mol. The van der Waals surface area contributed by atoms with E-state index < -0.39 is 0 Å². The minimum Gasteiger partial charge on any atom is -0.361 e. The molecule has 1 heterocycles. The van der Waals surface area contributed by atoms with E-state index in [1.54, 1.807) is 0 Å². The van der Waals surface area contributed by atoms with Gasteiger partial charge in [0, 0.05) is 23.6 Å². The molecule has 0 aliphatic carbocycles. The van der Waals surface area contributed by atoms with Crippen molar-refractivity contribution < 1.29 is 4.74 Å². The third-order valence-corrected chi connectivity index (χ3v) is 4.08. The molecule has 1 aliphatic heterocycles. The van der Waals surface area contributed by atoms with Gasteiger partial charge < -0.3 is 10.5 Å². The Labute approximate surface area is 122 Å². The number of benzene rings is 1. The number of morpholine rings is 1. The fourth-order valence-corrected chi connectivity index (χ4v) is 3.05. The van der Waals surface area contributed by atoms with E-state index in [0.717, 1.165) is 16.6 Å². The largest absolute Gasteiger partial charge is 0.361 e. The predicted octanol–water partition coefficient (Wildman–Crippen LogP) is 2.06. The van der Waals surface area contributed by atoms with Crippen LogP contribution in [0.3, 0.4) is 0 Å². The first-order valence-corrected chi connectivity index (χ1v) is 7.18. The van der Waals surface area contributed by atoms with Crippen LogP contribution < -0.4 is 5.73 Å². The Morgan fingerprint density at radius 1 is 1.53 bits per heavy atom. The highest BCUT2D eigenvalue weighted by Crippen LogP contribution is 2.30. The number of nitrogens with two attached hydrogens (primary N) is 1. The first-order chi connectivity index (χ1) is 9.13. The Balaban J connectivity index is 2.26. The molecule has 1 saturated heterocycles. The normalized spacial score (nSPS) is 23.6. The lowest BCUT2D eigenvalue weighted by atomic mass is 9.98. The fourth-order valence-electron chi connectivity index (χ4n) is 2.53. The van der Waals surface area contributed by atoms with Gasteiger partial charge in [-0.25, -0.2) is 0 Å². The number of halogens is 1. The molecule has 0 saturated carbocycles. The minimum absolute atomic E-state index is 0.0175. The zero-order valence-electron chi connectivity index (χ0n) is 10.9. The second kappa shape index (κ2) is 6.49. The molecule has 5 heteroatoms. The third-order valence-electron chi connectivity index (χ3n) is 3.36. The Kier molecular flexibility index (Phi) is 4.94. The van der Waals surface area contributed by atoms with E-state index in [-0.39, 0.29) is 18.2 Å². The summed E-state index contributed by atoms with van der Waals surface area (Å²) in [7, 11) is 0. The average molecular weight is 324 g/mol. The number of hydrogen-bond donors (Lipinski definition) is 1. The molecule has 1 aromatic carbocycles. The van der Waals surface area contributed by atoms with Crippen LogP contribution in [-0.2, 0) is 4.74 Å². The van der Waals surface area contributed by atoms with E-state index in [2.05, 4.69) is 33.0 Å². The van der Waals surface area contributed by atoms with Crippen LogP contribution in [0.1, 0.15) is 18.5 Å². The van der Waals surface area contributed by atoms with Crippen LogP contribution in [0, 0.1) is 11.3 Å². The van der Waals surface area contributed by atoms with Crippen molar-refractivity contribution in [2.45, 2.75) is 25.1 Å². The van der Waals surface area contributed by atoms with E-state index in [1.165, 1.54) is 0 Å². The number of hydrogen-bond acceptors (Lipinski definition) is 4. The Hall–Kier alpha value is -0.930. The number of rotatable bonds is 3. The molecule has 0 bridgehead atoms. The molecule has 2 N–H and O–H groups in total. The van der Waals surface area contributed by atoms with Crippen LogP contribution in [0.15, 0.2) is 28.7 Å². The highest BCUT2D eigenvalue weighted by atomic mass is 79.9. The first-order valence-electron chi connectivity index (χ1n) is 6.38. The Morgan fingerprint density at radius 2 is 2.26 bits per heavy atom. The highest BCUT2D eigenvalue weighted by molar-refractivity contribution is 9.10. The van der Waals surface area contributed by atoms with Gasteiger partial charge in [0.05, 0.1) is 18.7 Å². The number of ether oxygens (including phenoxy) is 1. The van der Waals surface area contributed by atoms with E-state index in [1.807, 2.05) is 25.1 Å². The molecular formula is C14H18BrN3O. The van der Waals surface area contributed by atoms with Crippen molar-refractivity contribution in [3.63, 3.8) is 0 Å². The van der Waals surface area contributed by atoms with Crippen molar-refractivity contribution in [2.75, 3.05) is 19.7 Å². The number of nitrogens with zero attached hydrogens (tertiary/aromatic N) is 2. The van der Waals surface area contributed by atoms with Gasteiger partial charge >= 0.3 is 0 Å². The van der Waals surface area contributed by atoms with E-state index >= 15 is 0 Å². The fraction of sp³-hybridized carbons (Fsp3) is 0.500. The highest BCUT2D eigenvalue weighted by Gasteiger charge is 2.30. The maximum Gasteiger partial charge on any atom is 0.156 e. The van der Waals surface area contributed by atoms with E-state index in [9.17, 15) is 0 Å². The van der Waals surface area contributed by atoms with Gasteiger partial charge in [-0.1, -0.05) is 34.1 Å². The molecule has 3 unspecified atom stereocenters. The molecule has 1 aliphatic rings. The summed E-state index contributed by atoms with van der Waals surface area (Å²) in [5.41, 5.74) is 7.33. The van der Waals surface area contributed by atoms with Crippen LogP contribution in [0.25, 0.3) is 0 Å². The second-order valence-electron chi connectivity index (χ2n) is 4.81. The zero-order chi connectivity index (χ0) is 13.8. The van der Waals surface area contributed by atoms with Gasteiger partial charge in [-0.3, -0.25) is 4.90 Å². The molecule has 3 atom stereocenters. The van der Waals surface area contributed by atoms with E-state index in [4.69, 9.17) is 15.7 Å². The summed E-state index contributed by atoms with van der Waals surface area (Å²) in [5, 5.41) is 9.01. The summed E-state index contributed by atoms with van der Waals surface area (Å²) >= 11 is 3.59. The summed E-state index contributed by atoms with van der Waals surface area (Å²) in [5.74, 6) is 0. The van der Waals surface area contributed by atoms with Gasteiger partial charge in [0.25, 0.3) is 0 Å². The smallest absolute Gasteiger partial charge is 0.156 e. The van der Waals surface area contributed by atoms with Crippen molar-refractivity contribution in [3.05, 3.63) is 34.3 Å². The SMILES string of the molecule is CC(N)C(c1ccccc1Br)N1CCOC(C#N)C1. The lowest BCUT2D eigenvalue weighted by molar-refractivity contribution is -0.0211. The van der Waals surface area contributed by atoms with Gasteiger partial charge in [-0.05, 0) is 18.6 Å².